The molecular formula is C5H14N4O2. The van der Waals surface area contributed by atoms with Crippen LogP contribution in [0.5, 0.6) is 0 Å². The second-order valence-corrected chi connectivity index (χ2v) is 2.08. The third-order valence-electron chi connectivity index (χ3n) is 1.18. The van der Waals surface area contributed by atoms with E-state index in [1.807, 2.05) is 0 Å². The van der Waals surface area contributed by atoms with Gasteiger partial charge in [-0.2, -0.15) is 0 Å². The van der Waals surface area contributed by atoms with Gasteiger partial charge in [0.15, 0.2) is 0 Å². The minimum atomic E-state index is -0.644. The van der Waals surface area contributed by atoms with E-state index in [1.165, 1.54) is 0 Å². The van der Waals surface area contributed by atoms with Crippen molar-refractivity contribution in [1.29, 1.82) is 0 Å². The summed E-state index contributed by atoms with van der Waals surface area (Å²) in [5.41, 5.74) is 12.3. The summed E-state index contributed by atoms with van der Waals surface area (Å²) in [4.78, 5) is 14.9. The predicted octanol–water partition coefficient (Wildman–Crippen LogP) is -2.03. The van der Waals surface area contributed by atoms with E-state index in [-0.39, 0.29) is 0 Å². The monoisotopic (exact) mass is 162 g/mol. The minimum absolute atomic E-state index is 0.511. The molecule has 0 bridgehead atoms. The minimum Gasteiger partial charge on any atom is -0.354 e. The first-order valence-electron chi connectivity index (χ1n) is 3.34. The summed E-state index contributed by atoms with van der Waals surface area (Å²) in [5.74, 6) is 4.15. The Balaban J connectivity index is 3.46. The molecule has 0 aliphatic carbocycles. The lowest BCUT2D eigenvalue weighted by atomic mass is 10.2. The zero-order valence-electron chi connectivity index (χ0n) is 6.25. The maximum absolute atomic E-state index is 10.7. The highest BCUT2D eigenvalue weighted by Gasteiger charge is 2.13. The zero-order chi connectivity index (χ0) is 8.69. The van der Waals surface area contributed by atoms with Crippen molar-refractivity contribution in [2.24, 2.45) is 17.3 Å². The standard InChI is InChI=1S/C5H14N4O2/c6-3-1-2-4(7)5(10)11-9-8/h4,9H,1-3,6-8H2/t4-/m1/s1. The molecule has 6 nitrogen and oxygen atoms in total. The molecule has 0 heterocycles. The Kier molecular flexibility index (Phi) is 5.67. The van der Waals surface area contributed by atoms with Gasteiger partial charge >= 0.3 is 5.97 Å². The molecule has 0 spiro atoms. The van der Waals surface area contributed by atoms with E-state index < -0.39 is 12.0 Å². The summed E-state index contributed by atoms with van der Waals surface area (Å²) in [7, 11) is 0. The number of hydrogen-bond acceptors (Lipinski definition) is 6. The van der Waals surface area contributed by atoms with Crippen molar-refractivity contribution in [2.45, 2.75) is 18.9 Å². The van der Waals surface area contributed by atoms with Crippen molar-refractivity contribution in [1.82, 2.24) is 5.59 Å². The van der Waals surface area contributed by atoms with Gasteiger partial charge in [-0.3, -0.25) is 0 Å². The van der Waals surface area contributed by atoms with E-state index in [4.69, 9.17) is 17.3 Å². The number of hydrogen-bond donors (Lipinski definition) is 4. The highest BCUT2D eigenvalue weighted by atomic mass is 16.7. The van der Waals surface area contributed by atoms with Crippen LogP contribution in [0.3, 0.4) is 0 Å². The third kappa shape index (κ3) is 4.68. The molecule has 0 aromatic rings. The van der Waals surface area contributed by atoms with E-state index in [1.54, 1.807) is 5.59 Å². The SMILES string of the molecule is NCCC[C@@H](N)C(=O)ONN. The normalized spacial score (nSPS) is 12.6. The van der Waals surface area contributed by atoms with Crippen molar-refractivity contribution in [3.63, 3.8) is 0 Å². The van der Waals surface area contributed by atoms with Crippen LogP contribution in [-0.2, 0) is 9.63 Å². The van der Waals surface area contributed by atoms with Crippen LogP contribution in [0.1, 0.15) is 12.8 Å². The molecule has 0 rings (SSSR count). The maximum Gasteiger partial charge on any atom is 0.343 e. The molecule has 66 valence electrons. The number of rotatable bonds is 5. The molecule has 6 heteroatoms. The Hall–Kier alpha value is -0.690. The highest BCUT2D eigenvalue weighted by Crippen LogP contribution is 1.93. The molecule has 0 aromatic heterocycles. The molecule has 0 radical (unpaired) electrons. The van der Waals surface area contributed by atoms with Gasteiger partial charge in [0.05, 0.1) is 0 Å². The van der Waals surface area contributed by atoms with Gasteiger partial charge in [-0.1, -0.05) is 5.59 Å². The topological polar surface area (TPSA) is 116 Å². The number of nitrogens with one attached hydrogen (secondary N) is 1. The molecule has 0 saturated carbocycles. The fourth-order valence-corrected chi connectivity index (χ4v) is 0.589. The van der Waals surface area contributed by atoms with Crippen LogP contribution >= 0.6 is 0 Å². The molecule has 11 heavy (non-hydrogen) atoms. The Labute approximate surface area is 65.0 Å². The second-order valence-electron chi connectivity index (χ2n) is 2.08. The third-order valence-corrected chi connectivity index (χ3v) is 1.18. The molecule has 0 aliphatic rings. The van der Waals surface area contributed by atoms with Crippen LogP contribution in [0.4, 0.5) is 0 Å². The fraction of sp³-hybridized carbons (Fsp3) is 0.800. The first-order valence-corrected chi connectivity index (χ1v) is 3.34. The molecule has 0 aromatic carbocycles. The molecule has 0 unspecified atom stereocenters. The average molecular weight is 162 g/mol. The largest absolute Gasteiger partial charge is 0.354 e. The van der Waals surface area contributed by atoms with Gasteiger partial charge in [0.1, 0.15) is 6.04 Å². The first kappa shape index (κ1) is 10.3. The van der Waals surface area contributed by atoms with Gasteiger partial charge in [0.2, 0.25) is 0 Å². The number of carbonyl (C=O) groups excluding carboxylic acids is 1. The van der Waals surface area contributed by atoms with Gasteiger partial charge in [-0.25, -0.2) is 10.6 Å². The van der Waals surface area contributed by atoms with E-state index in [2.05, 4.69) is 4.84 Å². The summed E-state index contributed by atoms with van der Waals surface area (Å²) in [6.45, 7) is 0.511. The second kappa shape index (κ2) is 6.05. The Morgan fingerprint density at radius 1 is 1.64 bits per heavy atom. The summed E-state index contributed by atoms with van der Waals surface area (Å²) >= 11 is 0. The summed E-state index contributed by atoms with van der Waals surface area (Å²) in [6, 6.07) is -0.644. The summed E-state index contributed by atoms with van der Waals surface area (Å²) < 4.78 is 0. The van der Waals surface area contributed by atoms with Gasteiger partial charge in [-0.15, -0.1) is 0 Å². The van der Waals surface area contributed by atoms with Crippen molar-refractivity contribution in [3.8, 4) is 0 Å². The van der Waals surface area contributed by atoms with Crippen LogP contribution in [0.15, 0.2) is 0 Å². The van der Waals surface area contributed by atoms with Gasteiger partial charge in [-0.05, 0) is 19.4 Å². The Morgan fingerprint density at radius 3 is 2.73 bits per heavy atom. The highest BCUT2D eigenvalue weighted by molar-refractivity contribution is 5.75. The smallest absolute Gasteiger partial charge is 0.343 e. The summed E-state index contributed by atoms with van der Waals surface area (Å²) in [6.07, 6.45) is 1.21. The van der Waals surface area contributed by atoms with Crippen LogP contribution < -0.4 is 22.9 Å². The first-order chi connectivity index (χ1) is 5.22. The molecule has 0 aliphatic heterocycles. The van der Waals surface area contributed by atoms with Crippen molar-refractivity contribution < 1.29 is 9.63 Å². The van der Waals surface area contributed by atoms with Crippen LogP contribution in [0.2, 0.25) is 0 Å². The van der Waals surface area contributed by atoms with E-state index in [0.717, 1.165) is 0 Å². The lowest BCUT2D eigenvalue weighted by Gasteiger charge is -2.07. The maximum atomic E-state index is 10.7. The van der Waals surface area contributed by atoms with Crippen LogP contribution in [-0.4, -0.2) is 18.6 Å². The van der Waals surface area contributed by atoms with E-state index in [9.17, 15) is 4.79 Å². The van der Waals surface area contributed by atoms with Crippen molar-refractivity contribution >= 4 is 5.97 Å². The molecule has 0 amide bonds. The average Bonchev–Trinajstić information content (AvgIpc) is 2.00. The van der Waals surface area contributed by atoms with Crippen molar-refractivity contribution in [2.75, 3.05) is 6.54 Å². The van der Waals surface area contributed by atoms with Crippen LogP contribution in [0, 0.1) is 0 Å². The number of hydrazine groups is 1. The number of nitrogens with two attached hydrogens (primary N) is 3. The quantitative estimate of drug-likeness (QED) is 0.274. The zero-order valence-corrected chi connectivity index (χ0v) is 6.25. The molecule has 0 saturated heterocycles. The van der Waals surface area contributed by atoms with Crippen LogP contribution in [0.25, 0.3) is 0 Å². The van der Waals surface area contributed by atoms with E-state index in [0.29, 0.717) is 19.4 Å². The number of carbonyl (C=O) groups is 1. The lowest BCUT2D eigenvalue weighted by molar-refractivity contribution is -0.153. The summed E-state index contributed by atoms with van der Waals surface area (Å²) in [5, 5.41) is 0. The fourth-order valence-electron chi connectivity index (χ4n) is 0.589. The molecule has 1 atom stereocenters. The molecule has 0 fully saturated rings. The molecular weight excluding hydrogens is 148 g/mol. The van der Waals surface area contributed by atoms with Gasteiger partial charge in [0, 0.05) is 0 Å². The van der Waals surface area contributed by atoms with Crippen molar-refractivity contribution in [3.05, 3.63) is 0 Å². The van der Waals surface area contributed by atoms with E-state index >= 15 is 0 Å². The van der Waals surface area contributed by atoms with Gasteiger partial charge in [0.25, 0.3) is 0 Å². The van der Waals surface area contributed by atoms with Gasteiger partial charge < -0.3 is 16.3 Å². The molecule has 7 N–H and O–H groups in total. The predicted molar refractivity (Wildman–Crippen MR) is 39.7 cm³/mol. The lowest BCUT2D eigenvalue weighted by Crippen LogP contribution is -2.38. The Bertz CT molecular complexity index is 119. The Morgan fingerprint density at radius 2 is 2.27 bits per heavy atom.